The number of hydrogen-bond acceptors (Lipinski definition) is 3. The summed E-state index contributed by atoms with van der Waals surface area (Å²) in [5.74, 6) is 0.0932. The van der Waals surface area contributed by atoms with Crippen molar-refractivity contribution in [3.63, 3.8) is 0 Å². The Labute approximate surface area is 207 Å². The molecule has 5 nitrogen and oxygen atoms in total. The molecule has 1 saturated heterocycles. The third-order valence-corrected chi connectivity index (χ3v) is 6.77. The van der Waals surface area contributed by atoms with Gasteiger partial charge in [0.1, 0.15) is 11.8 Å². The number of rotatable bonds is 4. The molecule has 4 aromatic rings. The van der Waals surface area contributed by atoms with E-state index in [0.717, 1.165) is 22.6 Å². The van der Waals surface area contributed by atoms with Gasteiger partial charge in [0.05, 0.1) is 17.4 Å². The third kappa shape index (κ3) is 3.95. The Morgan fingerprint density at radius 2 is 1.88 bits per heavy atom. The molecule has 33 heavy (non-hydrogen) atoms. The molecule has 2 unspecified atom stereocenters. The van der Waals surface area contributed by atoms with Crippen molar-refractivity contribution in [2.75, 3.05) is 4.90 Å². The van der Waals surface area contributed by atoms with E-state index in [4.69, 9.17) is 35.4 Å². The molecular weight excluding hydrogens is 475 g/mol. The Balaban J connectivity index is 1.70. The highest BCUT2D eigenvalue weighted by atomic mass is 35.5. The maximum absolute atomic E-state index is 10.7. The summed E-state index contributed by atoms with van der Waals surface area (Å²) in [5.41, 5.74) is 4.31. The maximum atomic E-state index is 10.7. The van der Waals surface area contributed by atoms with E-state index in [2.05, 4.69) is 20.9 Å². The molecular formula is C25H20Cl2N4OS. The lowest BCUT2D eigenvalue weighted by atomic mass is 10.0. The molecule has 0 spiro atoms. The predicted molar refractivity (Wildman–Crippen MR) is 137 cm³/mol. The molecule has 0 saturated carbocycles. The molecule has 166 valence electrons. The molecule has 3 heterocycles. The summed E-state index contributed by atoms with van der Waals surface area (Å²) in [4.78, 5) is 6.49. The molecule has 1 fully saturated rings. The van der Waals surface area contributed by atoms with Gasteiger partial charge in [-0.25, -0.2) is 0 Å². The molecule has 0 radical (unpaired) electrons. The zero-order chi connectivity index (χ0) is 23.1. The number of halogens is 2. The molecule has 0 aliphatic carbocycles. The number of pyridine rings is 1. The van der Waals surface area contributed by atoms with Crippen molar-refractivity contribution >= 4 is 46.2 Å². The van der Waals surface area contributed by atoms with Crippen LogP contribution in [0.5, 0.6) is 5.75 Å². The minimum absolute atomic E-state index is 0.0932. The van der Waals surface area contributed by atoms with Gasteiger partial charge >= 0.3 is 0 Å². The van der Waals surface area contributed by atoms with Crippen LogP contribution in [-0.2, 0) is 0 Å². The Morgan fingerprint density at radius 1 is 1.03 bits per heavy atom. The van der Waals surface area contributed by atoms with Gasteiger partial charge in [-0.3, -0.25) is 4.98 Å². The summed E-state index contributed by atoms with van der Waals surface area (Å²) in [5, 5.41) is 15.8. The second-order valence-corrected chi connectivity index (χ2v) is 9.10. The van der Waals surface area contributed by atoms with Crippen LogP contribution in [0.4, 0.5) is 5.69 Å². The first-order chi connectivity index (χ1) is 15.9. The number of benzene rings is 2. The van der Waals surface area contributed by atoms with Crippen molar-refractivity contribution in [1.29, 1.82) is 0 Å². The summed E-state index contributed by atoms with van der Waals surface area (Å²) in [6, 6.07) is 20.2. The van der Waals surface area contributed by atoms with Crippen molar-refractivity contribution in [2.45, 2.75) is 19.0 Å². The van der Waals surface area contributed by atoms with Crippen LogP contribution in [0.15, 0.2) is 79.1 Å². The van der Waals surface area contributed by atoms with E-state index in [0.29, 0.717) is 20.8 Å². The zero-order valence-corrected chi connectivity index (χ0v) is 19.9. The standard InChI is InChI=1S/C25H20Cl2N4OS/c1-15-13-17(8-9-18(15)27)30-12-4-6-20(30)24-23(19-5-2-3-11-28-19)29-25(33)31(24)21-14-16(26)7-10-22(21)32/h2-14,23-24,32H,1H3,(H,29,33). The van der Waals surface area contributed by atoms with Crippen molar-refractivity contribution in [1.82, 2.24) is 14.9 Å². The average Bonchev–Trinajstić information content (AvgIpc) is 3.42. The van der Waals surface area contributed by atoms with Gasteiger partial charge in [0.2, 0.25) is 0 Å². The fraction of sp³-hybridized carbons (Fsp3) is 0.120. The van der Waals surface area contributed by atoms with E-state index in [-0.39, 0.29) is 17.8 Å². The van der Waals surface area contributed by atoms with E-state index in [1.807, 2.05) is 60.5 Å². The van der Waals surface area contributed by atoms with Gasteiger partial charge in [0.25, 0.3) is 0 Å². The van der Waals surface area contributed by atoms with Gasteiger partial charge in [0.15, 0.2) is 5.11 Å². The van der Waals surface area contributed by atoms with Crippen LogP contribution in [-0.4, -0.2) is 19.8 Å². The van der Waals surface area contributed by atoms with E-state index < -0.39 is 0 Å². The van der Waals surface area contributed by atoms with Gasteiger partial charge in [-0.1, -0.05) is 29.3 Å². The maximum Gasteiger partial charge on any atom is 0.174 e. The first-order valence-electron chi connectivity index (χ1n) is 10.4. The number of thiocarbonyl (C=S) groups is 1. The number of phenols is 1. The number of aryl methyl sites for hydroxylation is 1. The summed E-state index contributed by atoms with van der Waals surface area (Å²) < 4.78 is 2.11. The highest BCUT2D eigenvalue weighted by Crippen LogP contribution is 2.45. The van der Waals surface area contributed by atoms with Crippen molar-refractivity contribution in [3.05, 3.63) is 106 Å². The lowest BCUT2D eigenvalue weighted by Gasteiger charge is -2.29. The minimum Gasteiger partial charge on any atom is -0.506 e. The van der Waals surface area contributed by atoms with Crippen molar-refractivity contribution < 1.29 is 5.11 Å². The number of anilines is 1. The van der Waals surface area contributed by atoms with Crippen LogP contribution in [0.25, 0.3) is 5.69 Å². The summed E-state index contributed by atoms with van der Waals surface area (Å²) in [6.45, 7) is 1.98. The number of aromatic nitrogens is 2. The van der Waals surface area contributed by atoms with E-state index in [9.17, 15) is 5.11 Å². The molecule has 8 heteroatoms. The third-order valence-electron chi connectivity index (χ3n) is 5.80. The van der Waals surface area contributed by atoms with E-state index in [1.54, 1.807) is 24.4 Å². The number of nitrogens with one attached hydrogen (secondary N) is 1. The monoisotopic (exact) mass is 494 g/mol. The summed E-state index contributed by atoms with van der Waals surface area (Å²) >= 11 is 18.3. The van der Waals surface area contributed by atoms with Crippen molar-refractivity contribution in [3.8, 4) is 11.4 Å². The topological polar surface area (TPSA) is 53.3 Å². The fourth-order valence-electron chi connectivity index (χ4n) is 4.25. The van der Waals surface area contributed by atoms with Crippen LogP contribution in [0.2, 0.25) is 10.0 Å². The minimum atomic E-state index is -0.303. The Morgan fingerprint density at radius 3 is 2.64 bits per heavy atom. The first-order valence-corrected chi connectivity index (χ1v) is 11.5. The van der Waals surface area contributed by atoms with Crippen LogP contribution in [0.1, 0.15) is 29.0 Å². The van der Waals surface area contributed by atoms with Crippen LogP contribution in [0.3, 0.4) is 0 Å². The fourth-order valence-corrected chi connectivity index (χ4v) is 4.88. The Bertz CT molecular complexity index is 1340. The zero-order valence-electron chi connectivity index (χ0n) is 17.6. The van der Waals surface area contributed by atoms with Gasteiger partial charge in [-0.05, 0) is 85.4 Å². The van der Waals surface area contributed by atoms with Gasteiger partial charge in [-0.15, -0.1) is 0 Å². The second-order valence-electron chi connectivity index (χ2n) is 7.87. The van der Waals surface area contributed by atoms with E-state index >= 15 is 0 Å². The van der Waals surface area contributed by atoms with Crippen LogP contribution >= 0.6 is 35.4 Å². The Kier molecular flexibility index (Phi) is 5.74. The molecule has 2 N–H and O–H groups in total. The smallest absolute Gasteiger partial charge is 0.174 e. The number of hydrogen-bond donors (Lipinski definition) is 2. The molecule has 0 amide bonds. The first kappa shape index (κ1) is 21.8. The largest absolute Gasteiger partial charge is 0.506 e. The van der Waals surface area contributed by atoms with Crippen molar-refractivity contribution in [2.24, 2.45) is 0 Å². The van der Waals surface area contributed by atoms with E-state index in [1.165, 1.54) is 0 Å². The highest BCUT2D eigenvalue weighted by molar-refractivity contribution is 7.80. The molecule has 5 rings (SSSR count). The predicted octanol–water partition coefficient (Wildman–Crippen LogP) is 6.37. The molecule has 0 bridgehead atoms. The summed E-state index contributed by atoms with van der Waals surface area (Å²) in [7, 11) is 0. The normalized spacial score (nSPS) is 17.9. The summed E-state index contributed by atoms with van der Waals surface area (Å²) in [6.07, 6.45) is 3.77. The lowest BCUT2D eigenvalue weighted by molar-refractivity contribution is 0.472. The molecule has 1 aliphatic heterocycles. The van der Waals surface area contributed by atoms with Crippen LogP contribution < -0.4 is 10.2 Å². The molecule has 1 aliphatic rings. The molecule has 2 atom stereocenters. The van der Waals surface area contributed by atoms with Gasteiger partial charge in [0, 0.05) is 33.8 Å². The Hall–Kier alpha value is -3.06. The highest BCUT2D eigenvalue weighted by Gasteiger charge is 2.43. The molecule has 2 aromatic carbocycles. The average molecular weight is 495 g/mol. The number of phenolic OH excluding ortho intramolecular Hbond substituents is 1. The van der Waals surface area contributed by atoms with Gasteiger partial charge < -0.3 is 19.9 Å². The lowest BCUT2D eigenvalue weighted by Crippen LogP contribution is -2.30. The number of aromatic hydroxyl groups is 1. The van der Waals surface area contributed by atoms with Gasteiger partial charge in [-0.2, -0.15) is 0 Å². The quantitative estimate of drug-likeness (QED) is 0.322. The number of nitrogens with zero attached hydrogens (tertiary/aromatic N) is 3. The second kappa shape index (κ2) is 8.71. The molecule has 2 aromatic heterocycles. The SMILES string of the molecule is Cc1cc(-n2cccc2C2C(c3ccccn3)NC(=S)N2c2cc(Cl)ccc2O)ccc1Cl. The van der Waals surface area contributed by atoms with Crippen LogP contribution in [0, 0.1) is 6.92 Å².